The first-order chi connectivity index (χ1) is 15.9. The number of halogens is 2. The van der Waals surface area contributed by atoms with Crippen molar-refractivity contribution < 1.29 is 23.8 Å². The van der Waals surface area contributed by atoms with Crippen molar-refractivity contribution in [1.82, 2.24) is 4.90 Å². The second-order valence-electron chi connectivity index (χ2n) is 7.79. The van der Waals surface area contributed by atoms with Crippen molar-refractivity contribution in [3.8, 4) is 11.5 Å². The third kappa shape index (κ3) is 5.89. The van der Waals surface area contributed by atoms with Crippen LogP contribution in [-0.4, -0.2) is 68.8 Å². The number of hydrogen-bond acceptors (Lipinski definition) is 6. The fourth-order valence-electron chi connectivity index (χ4n) is 3.65. The second-order valence-corrected chi connectivity index (χ2v) is 8.64. The lowest BCUT2D eigenvalue weighted by Crippen LogP contribution is -2.46. The fourth-order valence-corrected chi connectivity index (χ4v) is 4.10. The predicted octanol–water partition coefficient (Wildman–Crippen LogP) is 3.46. The topological polar surface area (TPSA) is 80.3 Å². The quantitative estimate of drug-likeness (QED) is 0.635. The van der Waals surface area contributed by atoms with Crippen molar-refractivity contribution in [2.75, 3.05) is 56.2 Å². The lowest BCUT2D eigenvalue weighted by molar-refractivity contribution is -0.122. The molecular formula is C23H25Cl2N3O5. The van der Waals surface area contributed by atoms with Gasteiger partial charge < -0.3 is 24.4 Å². The first-order valence-electron chi connectivity index (χ1n) is 10.7. The highest BCUT2D eigenvalue weighted by molar-refractivity contribution is 6.35. The number of ether oxygens (including phenoxy) is 3. The Hall–Kier alpha value is -2.52. The Balaban J connectivity index is 1.43. The van der Waals surface area contributed by atoms with Gasteiger partial charge in [-0.25, -0.2) is 0 Å². The normalized spacial score (nSPS) is 17.2. The fraction of sp³-hybridized carbons (Fsp3) is 0.391. The number of carbonyl (C=O) groups excluding carboxylic acids is 2. The zero-order valence-electron chi connectivity index (χ0n) is 18.2. The number of nitrogens with one attached hydrogen (secondary N) is 1. The van der Waals surface area contributed by atoms with Crippen molar-refractivity contribution in [1.29, 1.82) is 0 Å². The largest absolute Gasteiger partial charge is 0.482 e. The van der Waals surface area contributed by atoms with Gasteiger partial charge in [-0.2, -0.15) is 0 Å². The highest BCUT2D eigenvalue weighted by Crippen LogP contribution is 2.35. The summed E-state index contributed by atoms with van der Waals surface area (Å²) in [5.74, 6) is 0.492. The van der Waals surface area contributed by atoms with E-state index in [0.717, 1.165) is 19.6 Å². The smallest absolute Gasteiger partial charge is 0.265 e. The number of amides is 2. The van der Waals surface area contributed by atoms with Gasteiger partial charge in [0.2, 0.25) is 0 Å². The Labute approximate surface area is 202 Å². The molecule has 1 fully saturated rings. The van der Waals surface area contributed by atoms with Gasteiger partial charge >= 0.3 is 0 Å². The molecule has 2 aromatic rings. The van der Waals surface area contributed by atoms with Crippen molar-refractivity contribution in [2.24, 2.45) is 0 Å². The van der Waals surface area contributed by atoms with Crippen LogP contribution in [0.5, 0.6) is 11.5 Å². The first-order valence-corrected chi connectivity index (χ1v) is 11.5. The Kier molecular flexibility index (Phi) is 7.60. The third-order valence-electron chi connectivity index (χ3n) is 5.48. The van der Waals surface area contributed by atoms with Crippen molar-refractivity contribution >= 4 is 46.4 Å². The number of anilines is 2. The molecular weight excluding hydrogens is 469 g/mol. The highest BCUT2D eigenvalue weighted by atomic mass is 35.5. The lowest BCUT2D eigenvalue weighted by atomic mass is 10.2. The lowest BCUT2D eigenvalue weighted by Gasteiger charge is -2.33. The van der Waals surface area contributed by atoms with Crippen LogP contribution in [0.15, 0.2) is 36.4 Å². The highest BCUT2D eigenvalue weighted by Gasteiger charge is 2.27. The zero-order valence-corrected chi connectivity index (χ0v) is 19.7. The molecule has 2 aliphatic rings. The molecule has 1 unspecified atom stereocenters. The number of rotatable bonds is 7. The minimum absolute atomic E-state index is 0.00541. The van der Waals surface area contributed by atoms with Crippen molar-refractivity contribution in [3.05, 3.63) is 46.4 Å². The van der Waals surface area contributed by atoms with Crippen LogP contribution in [0.2, 0.25) is 10.0 Å². The summed E-state index contributed by atoms with van der Waals surface area (Å²) in [7, 11) is 0. The molecule has 0 radical (unpaired) electrons. The van der Waals surface area contributed by atoms with Gasteiger partial charge in [0, 0.05) is 36.9 Å². The summed E-state index contributed by atoms with van der Waals surface area (Å²) in [5.41, 5.74) is 1.16. The average Bonchev–Trinajstić information content (AvgIpc) is 2.81. The molecule has 2 heterocycles. The molecule has 1 atom stereocenters. The number of nitrogens with zero attached hydrogens (tertiary/aromatic N) is 2. The molecule has 176 valence electrons. The molecule has 33 heavy (non-hydrogen) atoms. The number of morpholine rings is 1. The Morgan fingerprint density at radius 2 is 1.94 bits per heavy atom. The molecule has 4 rings (SSSR count). The summed E-state index contributed by atoms with van der Waals surface area (Å²) in [6.07, 6.45) is -0.810. The van der Waals surface area contributed by atoms with E-state index in [9.17, 15) is 9.59 Å². The van der Waals surface area contributed by atoms with E-state index in [-0.39, 0.29) is 18.4 Å². The number of fused-ring (bicyclic) bond motifs is 1. The van der Waals surface area contributed by atoms with Crippen molar-refractivity contribution in [3.63, 3.8) is 0 Å². The number of carbonyl (C=O) groups is 2. The maximum Gasteiger partial charge on any atom is 0.265 e. The maximum absolute atomic E-state index is 12.7. The van der Waals surface area contributed by atoms with E-state index in [1.54, 1.807) is 48.2 Å². The molecule has 1 N–H and O–H groups in total. The Morgan fingerprint density at radius 3 is 2.70 bits per heavy atom. The Bertz CT molecular complexity index is 1030. The molecule has 8 nitrogen and oxygen atoms in total. The second kappa shape index (κ2) is 10.6. The summed E-state index contributed by atoms with van der Waals surface area (Å²) < 4.78 is 16.6. The van der Waals surface area contributed by atoms with E-state index >= 15 is 0 Å². The maximum atomic E-state index is 12.7. The summed E-state index contributed by atoms with van der Waals surface area (Å²) >= 11 is 12.0. The van der Waals surface area contributed by atoms with Gasteiger partial charge in [-0.05, 0) is 43.3 Å². The Morgan fingerprint density at radius 1 is 1.15 bits per heavy atom. The monoisotopic (exact) mass is 493 g/mol. The van der Waals surface area contributed by atoms with Gasteiger partial charge in [-0.3, -0.25) is 14.5 Å². The molecule has 0 aliphatic carbocycles. The van der Waals surface area contributed by atoms with Crippen LogP contribution >= 0.6 is 23.2 Å². The third-order valence-corrected chi connectivity index (χ3v) is 6.01. The van der Waals surface area contributed by atoms with E-state index in [2.05, 4.69) is 10.2 Å². The predicted molar refractivity (Wildman–Crippen MR) is 127 cm³/mol. The molecule has 0 saturated carbocycles. The summed E-state index contributed by atoms with van der Waals surface area (Å²) in [6, 6.07) is 10.0. The standard InChI is InChI=1S/C23H25Cl2N3O5/c1-15(33-20-4-2-16(24)12-18(20)25)23(30)26-17-3-5-21-19(13-17)28(22(29)14-32-21)7-6-27-8-10-31-11-9-27/h2-5,12-13,15H,6-11,14H2,1H3,(H,26,30). The van der Waals surface area contributed by atoms with E-state index in [4.69, 9.17) is 37.4 Å². The summed E-state index contributed by atoms with van der Waals surface area (Å²) in [5, 5.41) is 3.63. The van der Waals surface area contributed by atoms with Gasteiger partial charge in [-0.15, -0.1) is 0 Å². The number of hydrogen-bond donors (Lipinski definition) is 1. The van der Waals surface area contributed by atoms with Gasteiger partial charge in [0.15, 0.2) is 12.7 Å². The van der Waals surface area contributed by atoms with Crippen LogP contribution in [0.3, 0.4) is 0 Å². The molecule has 0 bridgehead atoms. The summed E-state index contributed by atoms with van der Waals surface area (Å²) in [6.45, 7) is 5.97. The number of benzene rings is 2. The SMILES string of the molecule is CC(Oc1ccc(Cl)cc1Cl)C(=O)Nc1ccc2c(c1)N(CCN1CCOCC1)C(=O)CO2. The molecule has 0 aromatic heterocycles. The van der Waals surface area contributed by atoms with E-state index in [0.29, 0.717) is 52.7 Å². The van der Waals surface area contributed by atoms with E-state index in [1.807, 2.05) is 0 Å². The average molecular weight is 494 g/mol. The van der Waals surface area contributed by atoms with Gasteiger partial charge in [0.25, 0.3) is 11.8 Å². The van der Waals surface area contributed by atoms with Gasteiger partial charge in [-0.1, -0.05) is 23.2 Å². The minimum atomic E-state index is -0.810. The first kappa shape index (κ1) is 23.6. The van der Waals surface area contributed by atoms with E-state index < -0.39 is 6.10 Å². The van der Waals surface area contributed by atoms with E-state index in [1.165, 1.54) is 0 Å². The van der Waals surface area contributed by atoms with Crippen LogP contribution in [0, 0.1) is 0 Å². The van der Waals surface area contributed by atoms with Gasteiger partial charge in [0.05, 0.1) is 23.9 Å². The van der Waals surface area contributed by atoms with Gasteiger partial charge in [0.1, 0.15) is 11.5 Å². The molecule has 2 aliphatic heterocycles. The van der Waals surface area contributed by atoms with Crippen LogP contribution < -0.4 is 19.7 Å². The molecule has 0 spiro atoms. The summed E-state index contributed by atoms with van der Waals surface area (Å²) in [4.78, 5) is 29.2. The zero-order chi connectivity index (χ0) is 23.4. The van der Waals surface area contributed by atoms with Crippen LogP contribution in [0.1, 0.15) is 6.92 Å². The molecule has 2 amide bonds. The minimum Gasteiger partial charge on any atom is -0.482 e. The van der Waals surface area contributed by atoms with Crippen LogP contribution in [-0.2, 0) is 14.3 Å². The van der Waals surface area contributed by atoms with Crippen LogP contribution in [0.25, 0.3) is 0 Å². The van der Waals surface area contributed by atoms with Crippen molar-refractivity contribution in [2.45, 2.75) is 13.0 Å². The van der Waals surface area contributed by atoms with Crippen LogP contribution in [0.4, 0.5) is 11.4 Å². The molecule has 1 saturated heterocycles. The molecule has 10 heteroatoms. The molecule has 2 aromatic carbocycles.